The van der Waals surface area contributed by atoms with Gasteiger partial charge in [0.05, 0.1) is 17.5 Å². The predicted octanol–water partition coefficient (Wildman–Crippen LogP) is 4.41. The molecule has 6 nitrogen and oxygen atoms in total. The molecule has 0 saturated carbocycles. The lowest BCUT2D eigenvalue weighted by molar-refractivity contribution is 0.100. The fourth-order valence-electron chi connectivity index (χ4n) is 3.48. The first-order chi connectivity index (χ1) is 15.1. The van der Waals surface area contributed by atoms with Crippen LogP contribution in [0.25, 0.3) is 33.5 Å². The molecule has 31 heavy (non-hydrogen) atoms. The number of thiophene rings is 1. The number of primary amides is 1. The Bertz CT molecular complexity index is 1330. The van der Waals surface area contributed by atoms with Gasteiger partial charge in [-0.1, -0.05) is 42.5 Å². The second-order valence-corrected chi connectivity index (χ2v) is 7.62. The zero-order chi connectivity index (χ0) is 21.8. The quantitative estimate of drug-likeness (QED) is 0.281. The third-order valence-electron chi connectivity index (χ3n) is 4.85. The van der Waals surface area contributed by atoms with Crippen LogP contribution in [-0.2, 0) is 0 Å². The summed E-state index contributed by atoms with van der Waals surface area (Å²) in [5, 5.41) is 14.7. The number of hydrazone groups is 1. The van der Waals surface area contributed by atoms with Crippen molar-refractivity contribution in [3.05, 3.63) is 88.2 Å². The number of nitriles is 1. The summed E-state index contributed by atoms with van der Waals surface area (Å²) in [6, 6.07) is 21.0. The molecule has 1 amide bonds. The lowest BCUT2D eigenvalue weighted by atomic mass is 9.94. The van der Waals surface area contributed by atoms with E-state index in [-0.39, 0.29) is 0 Å². The first-order valence-corrected chi connectivity index (χ1v) is 10.2. The van der Waals surface area contributed by atoms with Crippen LogP contribution in [0.3, 0.4) is 0 Å². The summed E-state index contributed by atoms with van der Waals surface area (Å²) in [6.45, 7) is 0. The number of hydrogen-bond acceptors (Lipinski definition) is 6. The van der Waals surface area contributed by atoms with E-state index in [1.165, 1.54) is 17.6 Å². The van der Waals surface area contributed by atoms with Crippen molar-refractivity contribution in [3.63, 3.8) is 0 Å². The average Bonchev–Trinajstić information content (AvgIpc) is 3.28. The second kappa shape index (κ2) is 8.61. The van der Waals surface area contributed by atoms with Crippen LogP contribution in [0.5, 0.6) is 0 Å². The number of amides is 1. The smallest absolute Gasteiger partial charge is 0.251 e. The third-order valence-corrected chi connectivity index (χ3v) is 5.67. The van der Waals surface area contributed by atoms with Crippen LogP contribution in [-0.4, -0.2) is 17.1 Å². The van der Waals surface area contributed by atoms with E-state index in [4.69, 9.17) is 11.6 Å². The molecule has 0 aliphatic heterocycles. The maximum atomic E-state index is 12.4. The van der Waals surface area contributed by atoms with Gasteiger partial charge in [-0.15, -0.1) is 11.3 Å². The summed E-state index contributed by atoms with van der Waals surface area (Å²) in [4.78, 5) is 17.5. The predicted molar refractivity (Wildman–Crippen MR) is 123 cm³/mol. The Hall–Kier alpha value is -4.28. The number of aromatic nitrogens is 1. The molecule has 4 aromatic rings. The number of hydrogen-bond donors (Lipinski definition) is 2. The van der Waals surface area contributed by atoms with Crippen molar-refractivity contribution >= 4 is 23.5 Å². The Balaban J connectivity index is 1.81. The number of carbonyl (C=O) groups is 1. The summed E-state index contributed by atoms with van der Waals surface area (Å²) >= 11 is 1.41. The zero-order valence-electron chi connectivity index (χ0n) is 16.3. The lowest BCUT2D eigenvalue weighted by Gasteiger charge is -2.13. The Morgan fingerprint density at radius 3 is 2.45 bits per heavy atom. The average molecular weight is 424 g/mol. The van der Waals surface area contributed by atoms with Crippen molar-refractivity contribution in [2.24, 2.45) is 16.7 Å². The van der Waals surface area contributed by atoms with Gasteiger partial charge in [-0.2, -0.15) is 10.4 Å². The molecule has 2 heterocycles. The van der Waals surface area contributed by atoms with Gasteiger partial charge in [-0.3, -0.25) is 9.78 Å². The standard InChI is InChI=1S/C24H17N5OS/c25-13-21-19(9-11-31-21)16-4-6-17(7-5-16)20-8-10-28-23(22(20)24(26)30)18-3-1-2-15(12-18)14-29-27/h1-12,14H,27H2,(H2,26,30). The van der Waals surface area contributed by atoms with Crippen LogP contribution in [0.15, 0.2) is 77.3 Å². The summed E-state index contributed by atoms with van der Waals surface area (Å²) in [6.07, 6.45) is 3.18. The number of pyridine rings is 1. The van der Waals surface area contributed by atoms with Gasteiger partial charge < -0.3 is 11.6 Å². The van der Waals surface area contributed by atoms with Crippen LogP contribution >= 0.6 is 11.3 Å². The normalized spacial score (nSPS) is 10.8. The van der Waals surface area contributed by atoms with Crippen molar-refractivity contribution in [1.29, 1.82) is 5.26 Å². The molecule has 2 aromatic heterocycles. The van der Waals surface area contributed by atoms with E-state index in [1.807, 2.05) is 60.0 Å². The molecule has 4 rings (SSSR count). The number of nitrogens with two attached hydrogens (primary N) is 2. The van der Waals surface area contributed by atoms with Crippen LogP contribution in [0, 0.1) is 11.3 Å². The SMILES string of the molecule is N#Cc1sccc1-c1ccc(-c2ccnc(-c3cccc(C=NN)c3)c2C(N)=O)cc1. The fourth-order valence-corrected chi connectivity index (χ4v) is 4.18. The molecule has 0 atom stereocenters. The van der Waals surface area contributed by atoms with Gasteiger partial charge >= 0.3 is 0 Å². The number of carbonyl (C=O) groups excluding carboxylic acids is 1. The van der Waals surface area contributed by atoms with E-state index >= 15 is 0 Å². The lowest BCUT2D eigenvalue weighted by Crippen LogP contribution is -2.15. The van der Waals surface area contributed by atoms with Gasteiger partial charge in [0.1, 0.15) is 10.9 Å². The Kier molecular flexibility index (Phi) is 5.56. The minimum atomic E-state index is -0.565. The van der Waals surface area contributed by atoms with E-state index < -0.39 is 5.91 Å². The van der Waals surface area contributed by atoms with Gasteiger partial charge in [0.25, 0.3) is 5.91 Å². The van der Waals surface area contributed by atoms with Gasteiger partial charge in [-0.05, 0) is 45.8 Å². The highest BCUT2D eigenvalue weighted by Gasteiger charge is 2.18. The van der Waals surface area contributed by atoms with Gasteiger partial charge in [0.15, 0.2) is 0 Å². The molecule has 0 radical (unpaired) electrons. The van der Waals surface area contributed by atoms with Crippen LogP contribution < -0.4 is 11.6 Å². The second-order valence-electron chi connectivity index (χ2n) is 6.70. The molecule has 150 valence electrons. The van der Waals surface area contributed by atoms with Crippen LogP contribution in [0.1, 0.15) is 20.8 Å². The topological polar surface area (TPSA) is 118 Å². The molecular weight excluding hydrogens is 406 g/mol. The van der Waals surface area contributed by atoms with E-state index in [2.05, 4.69) is 16.2 Å². The molecule has 2 aromatic carbocycles. The fraction of sp³-hybridized carbons (Fsp3) is 0. The molecule has 0 aliphatic carbocycles. The Morgan fingerprint density at radius 1 is 1.03 bits per heavy atom. The van der Waals surface area contributed by atoms with Crippen molar-refractivity contribution in [2.75, 3.05) is 0 Å². The summed E-state index contributed by atoms with van der Waals surface area (Å²) in [5.41, 5.74) is 11.5. The van der Waals surface area contributed by atoms with Gasteiger partial charge in [0.2, 0.25) is 0 Å². The number of rotatable bonds is 5. The number of nitrogens with zero attached hydrogens (tertiary/aromatic N) is 3. The van der Waals surface area contributed by atoms with Crippen LogP contribution in [0.2, 0.25) is 0 Å². The van der Waals surface area contributed by atoms with Crippen LogP contribution in [0.4, 0.5) is 0 Å². The van der Waals surface area contributed by atoms with Crippen molar-refractivity contribution < 1.29 is 4.79 Å². The molecule has 4 N–H and O–H groups in total. The Labute approximate surface area is 183 Å². The summed E-state index contributed by atoms with van der Waals surface area (Å²) in [5.74, 6) is 4.69. The zero-order valence-corrected chi connectivity index (χ0v) is 17.1. The van der Waals surface area contributed by atoms with Gasteiger partial charge in [-0.25, -0.2) is 0 Å². The molecule has 0 saturated heterocycles. The highest BCUT2D eigenvalue weighted by atomic mass is 32.1. The maximum absolute atomic E-state index is 12.4. The third kappa shape index (κ3) is 3.92. The van der Waals surface area contributed by atoms with E-state index in [0.29, 0.717) is 21.7 Å². The minimum absolute atomic E-state index is 0.338. The van der Waals surface area contributed by atoms with E-state index in [9.17, 15) is 10.1 Å². The minimum Gasteiger partial charge on any atom is -0.366 e. The molecule has 0 fully saturated rings. The molecule has 0 spiro atoms. The first kappa shape index (κ1) is 20.0. The molecular formula is C24H17N5OS. The first-order valence-electron chi connectivity index (χ1n) is 9.33. The highest BCUT2D eigenvalue weighted by Crippen LogP contribution is 2.33. The van der Waals surface area contributed by atoms with Crippen molar-refractivity contribution in [1.82, 2.24) is 4.98 Å². The number of benzene rings is 2. The summed E-state index contributed by atoms with van der Waals surface area (Å²) < 4.78 is 0. The van der Waals surface area contributed by atoms with Crippen molar-refractivity contribution in [3.8, 4) is 39.6 Å². The Morgan fingerprint density at radius 2 is 1.77 bits per heavy atom. The maximum Gasteiger partial charge on any atom is 0.251 e. The van der Waals surface area contributed by atoms with Crippen molar-refractivity contribution in [2.45, 2.75) is 0 Å². The van der Waals surface area contributed by atoms with E-state index in [0.717, 1.165) is 27.8 Å². The molecule has 0 unspecified atom stereocenters. The molecule has 0 bridgehead atoms. The monoisotopic (exact) mass is 423 g/mol. The molecule has 7 heteroatoms. The largest absolute Gasteiger partial charge is 0.366 e. The highest BCUT2D eigenvalue weighted by molar-refractivity contribution is 7.11. The summed E-state index contributed by atoms with van der Waals surface area (Å²) in [7, 11) is 0. The molecule has 0 aliphatic rings. The van der Waals surface area contributed by atoms with Gasteiger partial charge in [0, 0.05) is 17.3 Å². The van der Waals surface area contributed by atoms with E-state index in [1.54, 1.807) is 12.3 Å².